The molecule has 0 unspecified atom stereocenters. The molecule has 0 saturated heterocycles. The molecule has 68 valence electrons. The van der Waals surface area contributed by atoms with E-state index in [4.69, 9.17) is 5.11 Å². The fourth-order valence-electron chi connectivity index (χ4n) is 1.69. The molecule has 0 bridgehead atoms. The molecule has 2 atom stereocenters. The summed E-state index contributed by atoms with van der Waals surface area (Å²) in [6.45, 7) is 0. The molecule has 4 heteroatoms. The van der Waals surface area contributed by atoms with E-state index >= 15 is 0 Å². The smallest absolute Gasteiger partial charge is 0.307 e. The highest BCUT2D eigenvalue weighted by atomic mass is 32.2. The summed E-state index contributed by atoms with van der Waals surface area (Å²) in [6, 6.07) is 0. The lowest BCUT2D eigenvalue weighted by Crippen LogP contribution is -2.23. The summed E-state index contributed by atoms with van der Waals surface area (Å²) < 4.78 is 0. The number of carboxylic acid groups (broad SMARTS) is 1. The van der Waals surface area contributed by atoms with Crippen LogP contribution in [0.4, 0.5) is 0 Å². The van der Waals surface area contributed by atoms with Crippen molar-refractivity contribution in [3.8, 4) is 0 Å². The second-order valence-electron chi connectivity index (χ2n) is 3.01. The summed E-state index contributed by atoms with van der Waals surface area (Å²) >= 11 is 1.14. The largest absolute Gasteiger partial charge is 0.481 e. The Morgan fingerprint density at radius 1 is 1.33 bits per heavy atom. The first-order valence-electron chi connectivity index (χ1n) is 3.97. The van der Waals surface area contributed by atoms with Gasteiger partial charge in [0.15, 0.2) is 5.12 Å². The first kappa shape index (κ1) is 9.58. The number of hydrogen-bond donors (Lipinski definition) is 1. The van der Waals surface area contributed by atoms with Gasteiger partial charge in [0.1, 0.15) is 0 Å². The van der Waals surface area contributed by atoms with Crippen LogP contribution in [0.25, 0.3) is 0 Å². The number of carboxylic acids is 1. The lowest BCUT2D eigenvalue weighted by Gasteiger charge is -2.11. The molecule has 0 aromatic carbocycles. The van der Waals surface area contributed by atoms with Gasteiger partial charge in [-0.2, -0.15) is 0 Å². The van der Waals surface area contributed by atoms with Crippen LogP contribution in [-0.4, -0.2) is 22.4 Å². The Hall–Kier alpha value is -0.510. The van der Waals surface area contributed by atoms with Gasteiger partial charge >= 0.3 is 5.97 Å². The molecule has 1 N–H and O–H groups in total. The van der Waals surface area contributed by atoms with Crippen molar-refractivity contribution in [3.05, 3.63) is 0 Å². The third-order valence-electron chi connectivity index (χ3n) is 2.34. The summed E-state index contributed by atoms with van der Waals surface area (Å²) in [5.41, 5.74) is 0. The van der Waals surface area contributed by atoms with Crippen LogP contribution in [0, 0.1) is 11.8 Å². The lowest BCUT2D eigenvalue weighted by atomic mass is 9.98. The van der Waals surface area contributed by atoms with E-state index in [1.54, 1.807) is 6.26 Å². The summed E-state index contributed by atoms with van der Waals surface area (Å²) in [5.74, 6) is -1.48. The van der Waals surface area contributed by atoms with Crippen LogP contribution in [0.3, 0.4) is 0 Å². The highest BCUT2D eigenvalue weighted by Gasteiger charge is 2.37. The number of hydrogen-bond acceptors (Lipinski definition) is 3. The van der Waals surface area contributed by atoms with E-state index in [1.807, 2.05) is 0 Å². The normalized spacial score (nSPS) is 28.8. The molecule has 12 heavy (non-hydrogen) atoms. The van der Waals surface area contributed by atoms with Gasteiger partial charge in [0.05, 0.1) is 5.92 Å². The van der Waals surface area contributed by atoms with Gasteiger partial charge in [-0.05, 0) is 19.1 Å². The van der Waals surface area contributed by atoms with Crippen LogP contribution in [0.15, 0.2) is 0 Å². The number of aliphatic carboxylic acids is 1. The molecule has 0 radical (unpaired) electrons. The van der Waals surface area contributed by atoms with E-state index in [0.29, 0.717) is 6.42 Å². The molecular formula is C8H12O3S. The van der Waals surface area contributed by atoms with Crippen LogP contribution in [0.5, 0.6) is 0 Å². The van der Waals surface area contributed by atoms with E-state index in [1.165, 1.54) is 0 Å². The Morgan fingerprint density at radius 3 is 2.42 bits per heavy atom. The molecular weight excluding hydrogens is 176 g/mol. The van der Waals surface area contributed by atoms with Gasteiger partial charge in [0.25, 0.3) is 0 Å². The van der Waals surface area contributed by atoms with E-state index in [-0.39, 0.29) is 11.0 Å². The average Bonchev–Trinajstić information content (AvgIpc) is 2.50. The minimum atomic E-state index is -0.820. The van der Waals surface area contributed by atoms with Gasteiger partial charge in [-0.3, -0.25) is 9.59 Å². The van der Waals surface area contributed by atoms with E-state index < -0.39 is 11.9 Å². The van der Waals surface area contributed by atoms with Crippen molar-refractivity contribution in [2.45, 2.75) is 19.3 Å². The van der Waals surface area contributed by atoms with Crippen molar-refractivity contribution in [1.82, 2.24) is 0 Å². The lowest BCUT2D eigenvalue weighted by molar-refractivity contribution is -0.144. The maximum atomic E-state index is 11.2. The molecule has 0 heterocycles. The van der Waals surface area contributed by atoms with E-state index in [0.717, 1.165) is 24.6 Å². The molecule has 1 fully saturated rings. The third-order valence-corrected chi connectivity index (χ3v) is 3.04. The summed E-state index contributed by atoms with van der Waals surface area (Å²) in [6.07, 6.45) is 3.98. The molecule has 0 aromatic rings. The molecule has 0 spiro atoms. The maximum absolute atomic E-state index is 11.2. The standard InChI is InChI=1S/C8H12O3S/c1-12-8(11)6-4-2-3-5(6)7(9)10/h5-6H,2-4H2,1H3,(H,9,10)/t5-,6-/m1/s1. The van der Waals surface area contributed by atoms with E-state index in [2.05, 4.69) is 0 Å². The first-order valence-corrected chi connectivity index (χ1v) is 5.20. The fraction of sp³-hybridized carbons (Fsp3) is 0.750. The zero-order chi connectivity index (χ0) is 9.14. The van der Waals surface area contributed by atoms with Gasteiger partial charge in [0, 0.05) is 5.92 Å². The number of carbonyl (C=O) groups is 2. The quantitative estimate of drug-likeness (QED) is 0.711. The van der Waals surface area contributed by atoms with Crippen molar-refractivity contribution >= 4 is 22.8 Å². The van der Waals surface area contributed by atoms with Crippen LogP contribution in [0.2, 0.25) is 0 Å². The highest BCUT2D eigenvalue weighted by molar-refractivity contribution is 8.13. The zero-order valence-electron chi connectivity index (χ0n) is 6.95. The molecule has 1 saturated carbocycles. The first-order chi connectivity index (χ1) is 5.66. The predicted molar refractivity (Wildman–Crippen MR) is 47.0 cm³/mol. The van der Waals surface area contributed by atoms with Crippen molar-refractivity contribution in [1.29, 1.82) is 0 Å². The van der Waals surface area contributed by atoms with Crippen molar-refractivity contribution in [2.75, 3.05) is 6.26 Å². The van der Waals surface area contributed by atoms with Crippen molar-refractivity contribution in [2.24, 2.45) is 11.8 Å². The Kier molecular flexibility index (Phi) is 3.14. The maximum Gasteiger partial charge on any atom is 0.307 e. The van der Waals surface area contributed by atoms with Crippen LogP contribution in [0.1, 0.15) is 19.3 Å². The van der Waals surface area contributed by atoms with Gasteiger partial charge in [0.2, 0.25) is 0 Å². The fourth-order valence-corrected chi connectivity index (χ4v) is 2.27. The number of thioether (sulfide) groups is 1. The van der Waals surface area contributed by atoms with Gasteiger partial charge < -0.3 is 5.11 Å². The third kappa shape index (κ3) is 1.80. The van der Waals surface area contributed by atoms with Crippen LogP contribution >= 0.6 is 11.8 Å². The molecule has 0 amide bonds. The Bertz CT molecular complexity index is 202. The molecule has 0 aliphatic heterocycles. The van der Waals surface area contributed by atoms with Gasteiger partial charge in [-0.1, -0.05) is 18.2 Å². The summed E-state index contributed by atoms with van der Waals surface area (Å²) in [4.78, 5) is 21.9. The number of carbonyl (C=O) groups excluding carboxylic acids is 1. The minimum absolute atomic E-state index is 0.0277. The van der Waals surface area contributed by atoms with Crippen LogP contribution < -0.4 is 0 Å². The average molecular weight is 188 g/mol. The van der Waals surface area contributed by atoms with Crippen molar-refractivity contribution in [3.63, 3.8) is 0 Å². The Labute approximate surface area is 75.5 Å². The van der Waals surface area contributed by atoms with Gasteiger partial charge in [-0.15, -0.1) is 0 Å². The summed E-state index contributed by atoms with van der Waals surface area (Å²) in [5, 5.41) is 8.79. The van der Waals surface area contributed by atoms with Gasteiger partial charge in [-0.25, -0.2) is 0 Å². The second kappa shape index (κ2) is 3.94. The monoisotopic (exact) mass is 188 g/mol. The Morgan fingerprint density at radius 2 is 1.92 bits per heavy atom. The molecule has 1 aliphatic carbocycles. The topological polar surface area (TPSA) is 54.4 Å². The van der Waals surface area contributed by atoms with Crippen molar-refractivity contribution < 1.29 is 14.7 Å². The minimum Gasteiger partial charge on any atom is -0.481 e. The number of rotatable bonds is 2. The van der Waals surface area contributed by atoms with E-state index in [9.17, 15) is 9.59 Å². The molecule has 1 rings (SSSR count). The zero-order valence-corrected chi connectivity index (χ0v) is 7.76. The molecule has 0 aromatic heterocycles. The van der Waals surface area contributed by atoms with Crippen LogP contribution in [-0.2, 0) is 9.59 Å². The highest BCUT2D eigenvalue weighted by Crippen LogP contribution is 2.34. The molecule has 3 nitrogen and oxygen atoms in total. The second-order valence-corrected chi connectivity index (χ2v) is 3.82. The molecule has 1 aliphatic rings. The Balaban J connectivity index is 2.63. The summed E-state index contributed by atoms with van der Waals surface area (Å²) in [7, 11) is 0. The SMILES string of the molecule is CSC(=O)[C@@H]1CCC[C@H]1C(=O)O. The predicted octanol–water partition coefficient (Wildman–Crippen LogP) is 1.38.